The molecule has 8 heteroatoms. The lowest BCUT2D eigenvalue weighted by atomic mass is 10.3. The molecule has 0 aromatic carbocycles. The monoisotopic (exact) mass is 287 g/mol. The molecule has 0 atom stereocenters. The average Bonchev–Trinajstić information content (AvgIpc) is 2.75. The van der Waals surface area contributed by atoms with Crippen LogP contribution in [0.1, 0.15) is 27.3 Å². The van der Waals surface area contributed by atoms with E-state index in [9.17, 15) is 18.0 Å². The van der Waals surface area contributed by atoms with Gasteiger partial charge in [0.15, 0.2) is 15.6 Å². The zero-order valence-electron chi connectivity index (χ0n) is 10.0. The number of carbonyl (C=O) groups is 2. The minimum atomic E-state index is -3.09. The normalized spacial score (nSPS) is 18.8. The van der Waals surface area contributed by atoms with E-state index in [0.29, 0.717) is 13.0 Å². The molecule has 0 aliphatic carbocycles. The Balaban J connectivity index is 2.12. The van der Waals surface area contributed by atoms with Gasteiger partial charge >= 0.3 is 5.97 Å². The third-order valence-corrected chi connectivity index (χ3v) is 4.62. The van der Waals surface area contributed by atoms with Crippen LogP contribution in [-0.4, -0.2) is 54.9 Å². The largest absolute Gasteiger partial charge is 0.478 e. The summed E-state index contributed by atoms with van der Waals surface area (Å²) in [4.78, 5) is 24.1. The van der Waals surface area contributed by atoms with E-state index in [1.165, 1.54) is 4.90 Å². The Labute approximate surface area is 109 Å². The molecular weight excluding hydrogens is 274 g/mol. The lowest BCUT2D eigenvalue weighted by Crippen LogP contribution is -2.33. The molecule has 1 aliphatic rings. The summed E-state index contributed by atoms with van der Waals surface area (Å²) in [5, 5.41) is 8.74. The van der Waals surface area contributed by atoms with Crippen molar-refractivity contribution in [2.45, 2.75) is 6.42 Å². The maximum atomic E-state index is 12.0. The lowest BCUT2D eigenvalue weighted by molar-refractivity contribution is 0.0694. The Bertz CT molecular complexity index is 602. The summed E-state index contributed by atoms with van der Waals surface area (Å²) in [6.45, 7) is 0.422. The summed E-state index contributed by atoms with van der Waals surface area (Å²) in [6, 6.07) is 1.14. The highest BCUT2D eigenvalue weighted by atomic mass is 32.2. The molecule has 0 spiro atoms. The molecule has 1 aromatic rings. The molecule has 0 radical (unpaired) electrons. The minimum Gasteiger partial charge on any atom is -0.478 e. The van der Waals surface area contributed by atoms with Crippen molar-refractivity contribution in [1.82, 2.24) is 4.90 Å². The first-order valence-corrected chi connectivity index (χ1v) is 7.53. The maximum absolute atomic E-state index is 12.0. The van der Waals surface area contributed by atoms with E-state index in [4.69, 9.17) is 9.52 Å². The maximum Gasteiger partial charge on any atom is 0.338 e. The van der Waals surface area contributed by atoms with E-state index < -0.39 is 21.7 Å². The number of nitrogens with zero attached hydrogens (tertiary/aromatic N) is 1. The summed E-state index contributed by atoms with van der Waals surface area (Å²) in [5.74, 6) is -1.76. The molecule has 1 amide bonds. The van der Waals surface area contributed by atoms with E-state index in [1.54, 1.807) is 0 Å². The Morgan fingerprint density at radius 3 is 2.63 bits per heavy atom. The molecule has 1 aromatic heterocycles. The molecule has 2 rings (SSSR count). The van der Waals surface area contributed by atoms with Gasteiger partial charge in [-0.2, -0.15) is 0 Å². The van der Waals surface area contributed by atoms with Crippen LogP contribution in [0.4, 0.5) is 0 Å². The van der Waals surface area contributed by atoms with E-state index >= 15 is 0 Å². The number of hydrogen-bond acceptors (Lipinski definition) is 5. The fourth-order valence-corrected chi connectivity index (χ4v) is 3.13. The third-order valence-electron chi connectivity index (χ3n) is 2.90. The van der Waals surface area contributed by atoms with Crippen LogP contribution < -0.4 is 0 Å². The molecule has 1 saturated heterocycles. The third kappa shape index (κ3) is 3.14. The van der Waals surface area contributed by atoms with Gasteiger partial charge in [0.05, 0.1) is 17.1 Å². The molecule has 104 valence electrons. The average molecular weight is 287 g/mol. The Hall–Kier alpha value is -1.83. The molecule has 0 unspecified atom stereocenters. The molecule has 1 fully saturated rings. The summed E-state index contributed by atoms with van der Waals surface area (Å²) < 4.78 is 27.8. The second-order valence-corrected chi connectivity index (χ2v) is 6.61. The second-order valence-electron chi connectivity index (χ2n) is 4.30. The smallest absolute Gasteiger partial charge is 0.338 e. The zero-order valence-corrected chi connectivity index (χ0v) is 10.9. The van der Waals surface area contributed by atoms with E-state index in [-0.39, 0.29) is 29.4 Å². The topological polar surface area (TPSA) is 105 Å². The zero-order chi connectivity index (χ0) is 14.0. The van der Waals surface area contributed by atoms with Crippen molar-refractivity contribution in [3.05, 3.63) is 23.7 Å². The van der Waals surface area contributed by atoms with Crippen molar-refractivity contribution in [3.63, 3.8) is 0 Å². The molecule has 19 heavy (non-hydrogen) atoms. The summed E-state index contributed by atoms with van der Waals surface area (Å²) in [7, 11) is -3.09. The van der Waals surface area contributed by atoms with Crippen LogP contribution in [0.25, 0.3) is 0 Å². The predicted octanol–water partition coefficient (Wildman–Crippen LogP) is 0.238. The number of carboxylic acids is 1. The van der Waals surface area contributed by atoms with Crippen LogP contribution in [0, 0.1) is 0 Å². The van der Waals surface area contributed by atoms with Crippen molar-refractivity contribution in [2.24, 2.45) is 0 Å². The van der Waals surface area contributed by atoms with E-state index in [0.717, 1.165) is 12.3 Å². The van der Waals surface area contributed by atoms with Crippen LogP contribution in [0.5, 0.6) is 0 Å². The lowest BCUT2D eigenvalue weighted by Gasteiger charge is -2.17. The number of amides is 1. The first-order valence-electron chi connectivity index (χ1n) is 5.70. The van der Waals surface area contributed by atoms with Gasteiger partial charge < -0.3 is 14.4 Å². The van der Waals surface area contributed by atoms with Crippen molar-refractivity contribution >= 4 is 21.7 Å². The van der Waals surface area contributed by atoms with Gasteiger partial charge in [0.1, 0.15) is 6.26 Å². The number of carboxylic acid groups (broad SMARTS) is 1. The number of aromatic carboxylic acids is 1. The van der Waals surface area contributed by atoms with Gasteiger partial charge in [-0.05, 0) is 6.42 Å². The van der Waals surface area contributed by atoms with Gasteiger partial charge in [0, 0.05) is 19.2 Å². The van der Waals surface area contributed by atoms with Gasteiger partial charge in [-0.1, -0.05) is 0 Å². The molecule has 0 saturated carbocycles. The van der Waals surface area contributed by atoms with Gasteiger partial charge in [-0.15, -0.1) is 0 Å². The van der Waals surface area contributed by atoms with Crippen molar-refractivity contribution < 1.29 is 27.5 Å². The summed E-state index contributed by atoms with van der Waals surface area (Å²) in [5.41, 5.74) is -0.106. The van der Waals surface area contributed by atoms with Crippen LogP contribution in [0.3, 0.4) is 0 Å². The molecule has 1 aliphatic heterocycles. The number of rotatable bonds is 2. The van der Waals surface area contributed by atoms with Crippen LogP contribution in [0.2, 0.25) is 0 Å². The van der Waals surface area contributed by atoms with Gasteiger partial charge in [0.25, 0.3) is 5.91 Å². The van der Waals surface area contributed by atoms with Crippen molar-refractivity contribution in [3.8, 4) is 0 Å². The van der Waals surface area contributed by atoms with Crippen molar-refractivity contribution in [2.75, 3.05) is 24.6 Å². The Morgan fingerprint density at radius 1 is 1.26 bits per heavy atom. The SMILES string of the molecule is O=C(O)c1coc(C(=O)N2CCCS(=O)(=O)CC2)c1. The van der Waals surface area contributed by atoms with Crippen molar-refractivity contribution in [1.29, 1.82) is 0 Å². The molecule has 7 nitrogen and oxygen atoms in total. The highest BCUT2D eigenvalue weighted by molar-refractivity contribution is 7.91. The van der Waals surface area contributed by atoms with Gasteiger partial charge in [-0.3, -0.25) is 4.79 Å². The number of sulfone groups is 1. The highest BCUT2D eigenvalue weighted by Crippen LogP contribution is 2.13. The minimum absolute atomic E-state index is 0.0648. The van der Waals surface area contributed by atoms with E-state index in [2.05, 4.69) is 0 Å². The molecule has 0 bridgehead atoms. The fourth-order valence-electron chi connectivity index (χ4n) is 1.86. The quantitative estimate of drug-likeness (QED) is 0.835. The first kappa shape index (κ1) is 13.6. The van der Waals surface area contributed by atoms with Crippen LogP contribution in [-0.2, 0) is 9.84 Å². The first-order chi connectivity index (χ1) is 8.89. The van der Waals surface area contributed by atoms with Crippen LogP contribution in [0.15, 0.2) is 16.7 Å². The summed E-state index contributed by atoms with van der Waals surface area (Å²) in [6.07, 6.45) is 1.37. The second kappa shape index (κ2) is 5.04. The predicted molar refractivity (Wildman–Crippen MR) is 64.8 cm³/mol. The molecule has 1 N–H and O–H groups in total. The highest BCUT2D eigenvalue weighted by Gasteiger charge is 2.25. The van der Waals surface area contributed by atoms with Gasteiger partial charge in [0.2, 0.25) is 0 Å². The van der Waals surface area contributed by atoms with E-state index in [1.807, 2.05) is 0 Å². The Morgan fingerprint density at radius 2 is 2.00 bits per heavy atom. The number of carbonyl (C=O) groups excluding carboxylic acids is 1. The number of hydrogen-bond donors (Lipinski definition) is 1. The fraction of sp³-hybridized carbons (Fsp3) is 0.455. The molecule has 2 heterocycles. The standard InChI is InChI=1S/C11H13NO6S/c13-10(9-6-8(7-18-9)11(14)15)12-2-1-4-19(16,17)5-3-12/h6-7H,1-5H2,(H,14,15). The molecular formula is C11H13NO6S. The van der Waals surface area contributed by atoms with Crippen LogP contribution >= 0.6 is 0 Å². The number of furan rings is 1. The van der Waals surface area contributed by atoms with Gasteiger partial charge in [-0.25, -0.2) is 13.2 Å². The summed E-state index contributed by atoms with van der Waals surface area (Å²) >= 11 is 0. The Kier molecular flexibility index (Phi) is 3.61.